The van der Waals surface area contributed by atoms with Gasteiger partial charge in [-0.1, -0.05) is 19.9 Å². The predicted molar refractivity (Wildman–Crippen MR) is 67.3 cm³/mol. The summed E-state index contributed by atoms with van der Waals surface area (Å²) in [6.07, 6.45) is 1.06. The molecule has 2 rings (SSSR count). The first-order valence-electron chi connectivity index (χ1n) is 5.32. The Labute approximate surface area is 98.5 Å². The zero-order valence-electron chi connectivity index (χ0n) is 9.36. The van der Waals surface area contributed by atoms with Crippen LogP contribution < -0.4 is 0 Å². The van der Waals surface area contributed by atoms with E-state index in [2.05, 4.69) is 19.9 Å². The topological polar surface area (TPSA) is 37.3 Å². The predicted octanol–water partition coefficient (Wildman–Crippen LogP) is 3.80. The molecule has 2 aromatic rings. The summed E-state index contributed by atoms with van der Waals surface area (Å²) in [6, 6.07) is 7.47. The van der Waals surface area contributed by atoms with Crippen molar-refractivity contribution in [1.29, 1.82) is 0 Å². The molecule has 0 spiro atoms. The zero-order valence-corrected chi connectivity index (χ0v) is 10.2. The highest BCUT2D eigenvalue weighted by Gasteiger charge is 2.07. The summed E-state index contributed by atoms with van der Waals surface area (Å²) in [5.41, 5.74) is 0.366. The largest absolute Gasteiger partial charge is 0.478 e. The van der Waals surface area contributed by atoms with Gasteiger partial charge in [-0.25, -0.2) is 4.79 Å². The maximum absolute atomic E-state index is 10.8. The molecule has 1 aromatic heterocycles. The molecule has 0 saturated heterocycles. The van der Waals surface area contributed by atoms with Gasteiger partial charge in [-0.3, -0.25) is 0 Å². The highest BCUT2D eigenvalue weighted by molar-refractivity contribution is 7.19. The first-order chi connectivity index (χ1) is 7.56. The molecule has 0 atom stereocenters. The summed E-state index contributed by atoms with van der Waals surface area (Å²) in [7, 11) is 0. The lowest BCUT2D eigenvalue weighted by atomic mass is 10.1. The van der Waals surface area contributed by atoms with Crippen molar-refractivity contribution in [2.75, 3.05) is 0 Å². The summed E-state index contributed by atoms with van der Waals surface area (Å²) in [5.74, 6) is -0.229. The number of thiophene rings is 1. The van der Waals surface area contributed by atoms with Gasteiger partial charge in [0.2, 0.25) is 0 Å². The fourth-order valence-corrected chi connectivity index (χ4v) is 3.04. The van der Waals surface area contributed by atoms with E-state index in [1.807, 2.05) is 6.07 Å². The van der Waals surface area contributed by atoms with E-state index in [9.17, 15) is 4.79 Å². The fraction of sp³-hybridized carbons (Fsp3) is 0.308. The zero-order chi connectivity index (χ0) is 11.7. The van der Waals surface area contributed by atoms with Crippen LogP contribution in [-0.2, 0) is 6.42 Å². The highest BCUT2D eigenvalue weighted by Crippen LogP contribution is 2.28. The Kier molecular flexibility index (Phi) is 2.97. The average molecular weight is 234 g/mol. The van der Waals surface area contributed by atoms with Crippen LogP contribution in [0, 0.1) is 5.92 Å². The molecule has 0 amide bonds. The van der Waals surface area contributed by atoms with E-state index < -0.39 is 5.97 Å². The molecule has 0 bridgehead atoms. The summed E-state index contributed by atoms with van der Waals surface area (Å²) in [6.45, 7) is 4.38. The molecule has 0 aliphatic carbocycles. The van der Waals surface area contributed by atoms with Crippen molar-refractivity contribution in [1.82, 2.24) is 0 Å². The maximum atomic E-state index is 10.8. The van der Waals surface area contributed by atoms with Crippen molar-refractivity contribution in [3.05, 3.63) is 34.7 Å². The van der Waals surface area contributed by atoms with Gasteiger partial charge in [-0.05, 0) is 35.9 Å². The quantitative estimate of drug-likeness (QED) is 0.877. The van der Waals surface area contributed by atoms with E-state index in [0.29, 0.717) is 11.5 Å². The summed E-state index contributed by atoms with van der Waals surface area (Å²) in [4.78, 5) is 12.2. The van der Waals surface area contributed by atoms with Gasteiger partial charge in [-0.2, -0.15) is 0 Å². The van der Waals surface area contributed by atoms with E-state index in [0.717, 1.165) is 16.5 Å². The monoisotopic (exact) mass is 234 g/mol. The van der Waals surface area contributed by atoms with Crippen molar-refractivity contribution in [3.63, 3.8) is 0 Å². The van der Waals surface area contributed by atoms with Gasteiger partial charge in [0.05, 0.1) is 5.56 Å². The minimum atomic E-state index is -0.860. The van der Waals surface area contributed by atoms with Crippen LogP contribution in [0.4, 0.5) is 0 Å². The van der Waals surface area contributed by atoms with Crippen LogP contribution in [-0.4, -0.2) is 11.1 Å². The Hall–Kier alpha value is -1.35. The Bertz CT molecular complexity index is 526. The van der Waals surface area contributed by atoms with E-state index in [1.165, 1.54) is 4.88 Å². The third-order valence-corrected chi connectivity index (χ3v) is 3.55. The molecule has 84 valence electrons. The van der Waals surface area contributed by atoms with Gasteiger partial charge in [0.25, 0.3) is 0 Å². The fourth-order valence-electron chi connectivity index (χ4n) is 1.72. The smallest absolute Gasteiger partial charge is 0.335 e. The van der Waals surface area contributed by atoms with E-state index in [-0.39, 0.29) is 0 Å². The summed E-state index contributed by atoms with van der Waals surface area (Å²) < 4.78 is 1.07. The Morgan fingerprint density at radius 3 is 2.75 bits per heavy atom. The number of fused-ring (bicyclic) bond motifs is 1. The Morgan fingerprint density at radius 2 is 2.12 bits per heavy atom. The minimum absolute atomic E-state index is 0.366. The molecule has 0 saturated carbocycles. The lowest BCUT2D eigenvalue weighted by Gasteiger charge is -1.98. The normalized spacial score (nSPS) is 11.2. The van der Waals surface area contributed by atoms with Crippen molar-refractivity contribution >= 4 is 27.4 Å². The average Bonchev–Trinajstić information content (AvgIpc) is 2.56. The van der Waals surface area contributed by atoms with Crippen molar-refractivity contribution < 1.29 is 9.90 Å². The molecule has 1 aromatic carbocycles. The maximum Gasteiger partial charge on any atom is 0.335 e. The third kappa shape index (κ3) is 2.25. The van der Waals surface area contributed by atoms with Crippen LogP contribution in [0.1, 0.15) is 29.1 Å². The second-order valence-electron chi connectivity index (χ2n) is 4.37. The summed E-state index contributed by atoms with van der Waals surface area (Å²) in [5, 5.41) is 10.0. The van der Waals surface area contributed by atoms with Crippen LogP contribution in [0.5, 0.6) is 0 Å². The minimum Gasteiger partial charge on any atom is -0.478 e. The van der Waals surface area contributed by atoms with Crippen molar-refractivity contribution in [2.24, 2.45) is 5.92 Å². The van der Waals surface area contributed by atoms with Gasteiger partial charge in [0.1, 0.15) is 0 Å². The number of rotatable bonds is 3. The van der Waals surface area contributed by atoms with E-state index in [1.54, 1.807) is 23.5 Å². The molecular formula is C13H14O2S. The first kappa shape index (κ1) is 11.1. The van der Waals surface area contributed by atoms with Crippen LogP contribution in [0.25, 0.3) is 10.1 Å². The van der Waals surface area contributed by atoms with Crippen LogP contribution >= 0.6 is 11.3 Å². The number of carboxylic acid groups (broad SMARTS) is 1. The number of aromatic carboxylic acids is 1. The molecule has 0 unspecified atom stereocenters. The molecular weight excluding hydrogens is 220 g/mol. The van der Waals surface area contributed by atoms with Crippen LogP contribution in [0.2, 0.25) is 0 Å². The molecule has 0 radical (unpaired) electrons. The Morgan fingerprint density at radius 1 is 1.38 bits per heavy atom. The van der Waals surface area contributed by atoms with E-state index in [4.69, 9.17) is 5.11 Å². The standard InChI is InChI=1S/C13H14O2S/c1-8(2)5-11-6-9-3-4-10(13(14)15)7-12(9)16-11/h3-4,6-8H,5H2,1-2H3,(H,14,15). The molecule has 1 heterocycles. The van der Waals surface area contributed by atoms with Gasteiger partial charge in [0.15, 0.2) is 0 Å². The highest BCUT2D eigenvalue weighted by atomic mass is 32.1. The van der Waals surface area contributed by atoms with Gasteiger partial charge in [-0.15, -0.1) is 11.3 Å². The summed E-state index contributed by atoms with van der Waals surface area (Å²) >= 11 is 1.69. The van der Waals surface area contributed by atoms with Gasteiger partial charge < -0.3 is 5.11 Å². The first-order valence-corrected chi connectivity index (χ1v) is 6.13. The molecule has 0 aliphatic heterocycles. The van der Waals surface area contributed by atoms with E-state index >= 15 is 0 Å². The van der Waals surface area contributed by atoms with Crippen LogP contribution in [0.3, 0.4) is 0 Å². The SMILES string of the molecule is CC(C)Cc1cc2ccc(C(=O)O)cc2s1. The number of carboxylic acids is 1. The second kappa shape index (κ2) is 4.26. The second-order valence-corrected chi connectivity index (χ2v) is 5.54. The molecule has 0 aliphatic rings. The number of hydrogen-bond donors (Lipinski definition) is 1. The van der Waals surface area contributed by atoms with Crippen molar-refractivity contribution in [3.8, 4) is 0 Å². The number of hydrogen-bond acceptors (Lipinski definition) is 2. The molecule has 1 N–H and O–H groups in total. The Balaban J connectivity index is 2.42. The third-order valence-electron chi connectivity index (χ3n) is 2.43. The molecule has 3 heteroatoms. The molecule has 16 heavy (non-hydrogen) atoms. The lowest BCUT2D eigenvalue weighted by molar-refractivity contribution is 0.0697. The lowest BCUT2D eigenvalue weighted by Crippen LogP contribution is -1.94. The van der Waals surface area contributed by atoms with Crippen LogP contribution in [0.15, 0.2) is 24.3 Å². The number of carbonyl (C=O) groups is 1. The van der Waals surface area contributed by atoms with Gasteiger partial charge in [0, 0.05) is 9.58 Å². The molecule has 2 nitrogen and oxygen atoms in total. The van der Waals surface area contributed by atoms with Gasteiger partial charge >= 0.3 is 5.97 Å². The number of benzene rings is 1. The molecule has 0 fully saturated rings. The van der Waals surface area contributed by atoms with Crippen molar-refractivity contribution in [2.45, 2.75) is 20.3 Å².